The number of thiazole rings is 1. The van der Waals surface area contributed by atoms with Crippen LogP contribution in [0.4, 0.5) is 5.13 Å². The second kappa shape index (κ2) is 7.48. The number of nitrogens with zero attached hydrogens (tertiary/aromatic N) is 4. The van der Waals surface area contributed by atoms with Crippen LogP contribution >= 0.6 is 11.3 Å². The third kappa shape index (κ3) is 3.59. The van der Waals surface area contributed by atoms with E-state index in [1.165, 1.54) is 11.3 Å². The largest absolute Gasteiger partial charge is 0.394 e. The van der Waals surface area contributed by atoms with Crippen molar-refractivity contribution in [3.8, 4) is 0 Å². The molecule has 1 atom stereocenters. The van der Waals surface area contributed by atoms with E-state index in [4.69, 9.17) is 0 Å². The number of benzene rings is 1. The lowest BCUT2D eigenvalue weighted by Gasteiger charge is -2.39. The van der Waals surface area contributed by atoms with Crippen LogP contribution in [-0.4, -0.2) is 55.8 Å². The molecule has 0 bridgehead atoms. The maximum atomic E-state index is 13.1. The minimum Gasteiger partial charge on any atom is -0.394 e. The van der Waals surface area contributed by atoms with Crippen LogP contribution in [0.5, 0.6) is 0 Å². The third-order valence-corrected chi connectivity index (χ3v) is 6.18. The van der Waals surface area contributed by atoms with Crippen molar-refractivity contribution in [1.82, 2.24) is 19.7 Å². The smallest absolute Gasteiger partial charge is 0.276 e. The van der Waals surface area contributed by atoms with E-state index in [1.807, 2.05) is 39.8 Å². The first-order valence-electron chi connectivity index (χ1n) is 9.89. The molecule has 30 heavy (non-hydrogen) atoms. The van der Waals surface area contributed by atoms with Crippen LogP contribution in [0.3, 0.4) is 0 Å². The third-order valence-electron chi connectivity index (χ3n) is 5.21. The summed E-state index contributed by atoms with van der Waals surface area (Å²) in [6, 6.07) is 7.13. The summed E-state index contributed by atoms with van der Waals surface area (Å²) in [6.45, 7) is 8.46. The Morgan fingerprint density at radius 3 is 2.53 bits per heavy atom. The standard InChI is InChI=1S/C21H25N5O3S/c1-12-5-7-13(8-6-12)18(28)23-20-22-17-16(30-20)15(24-26(17)21(2,3)4)19(29)25-10-9-14(25)11-27/h5-8,14,27H,9-11H2,1-4H3,(H,22,23,28)/t14-/m0/s1. The van der Waals surface area contributed by atoms with Gasteiger partial charge in [-0.2, -0.15) is 10.1 Å². The minimum absolute atomic E-state index is 0.0601. The SMILES string of the molecule is Cc1ccc(C(=O)Nc2nc3c(s2)c(C(=O)N2CC[C@H]2CO)nn3C(C)(C)C)cc1. The van der Waals surface area contributed by atoms with Crippen molar-refractivity contribution in [2.45, 2.75) is 45.7 Å². The molecule has 0 aliphatic carbocycles. The number of likely N-dealkylation sites (tertiary alicyclic amines) is 1. The van der Waals surface area contributed by atoms with Gasteiger partial charge in [0, 0.05) is 12.1 Å². The van der Waals surface area contributed by atoms with Gasteiger partial charge in [0.25, 0.3) is 11.8 Å². The predicted octanol–water partition coefficient (Wildman–Crippen LogP) is 3.02. The van der Waals surface area contributed by atoms with Gasteiger partial charge in [0.2, 0.25) is 0 Å². The van der Waals surface area contributed by atoms with Gasteiger partial charge in [-0.1, -0.05) is 29.0 Å². The van der Waals surface area contributed by atoms with E-state index in [2.05, 4.69) is 15.4 Å². The second-order valence-electron chi connectivity index (χ2n) is 8.55. The molecule has 0 saturated carbocycles. The highest BCUT2D eigenvalue weighted by Crippen LogP contribution is 2.34. The first-order valence-corrected chi connectivity index (χ1v) is 10.7. The molecule has 3 heterocycles. The van der Waals surface area contributed by atoms with Gasteiger partial charge in [-0.25, -0.2) is 4.68 Å². The van der Waals surface area contributed by atoms with E-state index < -0.39 is 5.54 Å². The zero-order chi connectivity index (χ0) is 21.6. The van der Waals surface area contributed by atoms with Gasteiger partial charge in [0.05, 0.1) is 18.2 Å². The molecule has 2 aromatic heterocycles. The van der Waals surface area contributed by atoms with Crippen molar-refractivity contribution in [3.05, 3.63) is 41.1 Å². The molecule has 1 saturated heterocycles. The van der Waals surface area contributed by atoms with Crippen molar-refractivity contribution in [3.63, 3.8) is 0 Å². The number of nitrogens with one attached hydrogen (secondary N) is 1. The van der Waals surface area contributed by atoms with E-state index in [-0.39, 0.29) is 24.5 Å². The number of hydrogen-bond donors (Lipinski definition) is 2. The van der Waals surface area contributed by atoms with Crippen molar-refractivity contribution >= 4 is 38.6 Å². The number of amides is 2. The number of anilines is 1. The minimum atomic E-state index is -0.394. The Kier molecular flexibility index (Phi) is 5.11. The highest BCUT2D eigenvalue weighted by Gasteiger charge is 2.36. The van der Waals surface area contributed by atoms with Gasteiger partial charge in [-0.05, 0) is 46.2 Å². The van der Waals surface area contributed by atoms with Crippen LogP contribution < -0.4 is 5.32 Å². The highest BCUT2D eigenvalue weighted by molar-refractivity contribution is 7.22. The lowest BCUT2D eigenvalue weighted by Crippen LogP contribution is -2.53. The Labute approximate surface area is 178 Å². The fraction of sp³-hybridized carbons (Fsp3) is 0.429. The molecule has 4 rings (SSSR count). The molecular formula is C21H25N5O3S. The van der Waals surface area contributed by atoms with Crippen molar-refractivity contribution in [2.75, 3.05) is 18.5 Å². The summed E-state index contributed by atoms with van der Waals surface area (Å²) in [6.07, 6.45) is 0.784. The lowest BCUT2D eigenvalue weighted by molar-refractivity contribution is 0.0291. The molecule has 1 aliphatic heterocycles. The first-order chi connectivity index (χ1) is 14.2. The monoisotopic (exact) mass is 427 g/mol. The molecule has 0 radical (unpaired) electrons. The number of fused-ring (bicyclic) bond motifs is 1. The Morgan fingerprint density at radius 2 is 1.97 bits per heavy atom. The van der Waals surface area contributed by atoms with Gasteiger partial charge < -0.3 is 10.0 Å². The van der Waals surface area contributed by atoms with Crippen LogP contribution in [-0.2, 0) is 5.54 Å². The summed E-state index contributed by atoms with van der Waals surface area (Å²) in [5, 5.41) is 17.3. The van der Waals surface area contributed by atoms with Crippen LogP contribution in [0.15, 0.2) is 24.3 Å². The van der Waals surface area contributed by atoms with Crippen LogP contribution in [0, 0.1) is 6.92 Å². The van der Waals surface area contributed by atoms with Gasteiger partial charge in [0.1, 0.15) is 4.70 Å². The second-order valence-corrected chi connectivity index (χ2v) is 9.55. The average molecular weight is 428 g/mol. The molecule has 158 valence electrons. The molecule has 0 unspecified atom stereocenters. The molecule has 2 amide bonds. The number of rotatable bonds is 4. The van der Waals surface area contributed by atoms with Crippen molar-refractivity contribution < 1.29 is 14.7 Å². The molecule has 1 fully saturated rings. The van der Waals surface area contributed by atoms with Gasteiger partial charge in [-0.3, -0.25) is 14.9 Å². The normalized spacial score (nSPS) is 16.6. The first kappa shape index (κ1) is 20.5. The average Bonchev–Trinajstić information content (AvgIpc) is 3.19. The van der Waals surface area contributed by atoms with Gasteiger partial charge in [0.15, 0.2) is 16.5 Å². The highest BCUT2D eigenvalue weighted by atomic mass is 32.1. The van der Waals surface area contributed by atoms with Crippen LogP contribution in [0.2, 0.25) is 0 Å². The maximum Gasteiger partial charge on any atom is 0.276 e. The van der Waals surface area contributed by atoms with Crippen LogP contribution in [0.25, 0.3) is 10.3 Å². The molecule has 1 aliphatic rings. The number of aliphatic hydroxyl groups is 1. The summed E-state index contributed by atoms with van der Waals surface area (Å²) in [4.78, 5) is 31.9. The van der Waals surface area contributed by atoms with Crippen LogP contribution in [0.1, 0.15) is 53.6 Å². The number of aliphatic hydroxyl groups excluding tert-OH is 1. The predicted molar refractivity (Wildman–Crippen MR) is 116 cm³/mol. The van der Waals surface area contributed by atoms with E-state index in [0.717, 1.165) is 12.0 Å². The van der Waals surface area contributed by atoms with Crippen molar-refractivity contribution in [2.24, 2.45) is 0 Å². The molecule has 3 aromatic rings. The summed E-state index contributed by atoms with van der Waals surface area (Å²) in [5.41, 5.74) is 2.10. The summed E-state index contributed by atoms with van der Waals surface area (Å²) in [7, 11) is 0. The van der Waals surface area contributed by atoms with E-state index >= 15 is 0 Å². The Morgan fingerprint density at radius 1 is 1.27 bits per heavy atom. The van der Waals surface area contributed by atoms with Crippen molar-refractivity contribution in [1.29, 1.82) is 0 Å². The summed E-state index contributed by atoms with van der Waals surface area (Å²) >= 11 is 1.24. The van der Waals surface area contributed by atoms with Gasteiger partial charge in [-0.15, -0.1) is 0 Å². The fourth-order valence-electron chi connectivity index (χ4n) is 3.37. The molecule has 8 nitrogen and oxygen atoms in total. The Bertz CT molecular complexity index is 1110. The number of carbonyl (C=O) groups excluding carboxylic acids is 2. The quantitative estimate of drug-likeness (QED) is 0.667. The molecular weight excluding hydrogens is 402 g/mol. The fourth-order valence-corrected chi connectivity index (χ4v) is 4.29. The van der Waals surface area contributed by atoms with E-state index in [0.29, 0.717) is 33.3 Å². The lowest BCUT2D eigenvalue weighted by atomic mass is 10.0. The molecule has 2 N–H and O–H groups in total. The molecule has 0 spiro atoms. The van der Waals surface area contributed by atoms with E-state index in [9.17, 15) is 14.7 Å². The maximum absolute atomic E-state index is 13.1. The van der Waals surface area contributed by atoms with E-state index in [1.54, 1.807) is 21.7 Å². The molecule has 1 aromatic carbocycles. The Balaban J connectivity index is 1.69. The van der Waals surface area contributed by atoms with Gasteiger partial charge >= 0.3 is 0 Å². The number of carbonyl (C=O) groups is 2. The summed E-state index contributed by atoms with van der Waals surface area (Å²) < 4.78 is 2.36. The number of aromatic nitrogens is 3. The molecule has 9 heteroatoms. The number of aryl methyl sites for hydroxylation is 1. The summed E-state index contributed by atoms with van der Waals surface area (Å²) in [5.74, 6) is -0.467. The zero-order valence-corrected chi connectivity index (χ0v) is 18.3. The Hall–Kier alpha value is -2.78. The topological polar surface area (TPSA) is 100 Å². The number of hydrogen-bond acceptors (Lipinski definition) is 6. The zero-order valence-electron chi connectivity index (χ0n) is 17.5.